The lowest BCUT2D eigenvalue weighted by Gasteiger charge is -2.05. The summed E-state index contributed by atoms with van der Waals surface area (Å²) in [6.07, 6.45) is 3.47. The van der Waals surface area contributed by atoms with Crippen LogP contribution in [0.5, 0.6) is 0 Å². The Morgan fingerprint density at radius 2 is 1.93 bits per heavy atom. The van der Waals surface area contributed by atoms with Crippen LogP contribution in [0.2, 0.25) is 0 Å². The molecule has 1 heterocycles. The van der Waals surface area contributed by atoms with Crippen molar-refractivity contribution in [2.75, 3.05) is 0 Å². The molecule has 2 rings (SSSR count). The molecule has 2 N–H and O–H groups in total. The summed E-state index contributed by atoms with van der Waals surface area (Å²) >= 11 is 0. The third-order valence-electron chi connectivity index (χ3n) is 2.00. The van der Waals surface area contributed by atoms with E-state index < -0.39 is 0 Å². The Hall–Kier alpha value is -1.39. The van der Waals surface area contributed by atoms with E-state index in [0.29, 0.717) is 6.54 Å². The molecule has 0 unspecified atom stereocenters. The molecule has 2 aromatic rings. The first-order chi connectivity index (χ1) is 6.81. The van der Waals surface area contributed by atoms with Gasteiger partial charge in [-0.1, -0.05) is 0 Å². The van der Waals surface area contributed by atoms with E-state index in [4.69, 9.17) is 5.73 Å². The van der Waals surface area contributed by atoms with Crippen LogP contribution < -0.4 is 5.73 Å². The minimum atomic E-state index is -0.247. The monoisotopic (exact) mass is 227 g/mol. The number of imidazole rings is 1. The second-order valence-electron chi connectivity index (χ2n) is 2.89. The molecular weight excluding hydrogens is 217 g/mol. The normalized spacial score (nSPS) is 9.73. The highest BCUT2D eigenvalue weighted by molar-refractivity contribution is 5.85. The Morgan fingerprint density at radius 3 is 2.53 bits per heavy atom. The molecule has 80 valence electrons. The van der Waals surface area contributed by atoms with Crippen LogP contribution in [0.15, 0.2) is 36.7 Å². The highest BCUT2D eigenvalue weighted by Gasteiger charge is 2.02. The van der Waals surface area contributed by atoms with Crippen molar-refractivity contribution in [2.24, 2.45) is 5.73 Å². The second kappa shape index (κ2) is 4.91. The smallest absolute Gasteiger partial charge is 0.126 e. The van der Waals surface area contributed by atoms with Crippen molar-refractivity contribution in [1.82, 2.24) is 9.55 Å². The fraction of sp³-hybridized carbons (Fsp3) is 0.100. The van der Waals surface area contributed by atoms with E-state index in [1.807, 2.05) is 4.57 Å². The number of rotatable bonds is 2. The summed E-state index contributed by atoms with van der Waals surface area (Å²) in [6.45, 7) is 0.365. The lowest BCUT2D eigenvalue weighted by atomic mass is 10.3. The predicted octanol–water partition coefficient (Wildman–Crippen LogP) is 1.89. The third-order valence-corrected chi connectivity index (χ3v) is 2.00. The summed E-state index contributed by atoms with van der Waals surface area (Å²) in [5.74, 6) is 0.514. The van der Waals surface area contributed by atoms with E-state index in [1.54, 1.807) is 24.5 Å². The Balaban J connectivity index is 0.00000112. The number of halogens is 2. The molecular formula is C10H11ClFN3. The average Bonchev–Trinajstić information content (AvgIpc) is 2.67. The molecule has 0 amide bonds. The van der Waals surface area contributed by atoms with Gasteiger partial charge in [-0.25, -0.2) is 9.37 Å². The maximum atomic E-state index is 12.7. The molecule has 0 saturated carbocycles. The molecule has 0 aliphatic carbocycles. The summed E-state index contributed by atoms with van der Waals surface area (Å²) in [6, 6.07) is 6.21. The van der Waals surface area contributed by atoms with Gasteiger partial charge < -0.3 is 10.3 Å². The minimum Gasteiger partial charge on any atom is -0.324 e. The average molecular weight is 228 g/mol. The molecule has 0 atom stereocenters. The van der Waals surface area contributed by atoms with Crippen LogP contribution in [0.25, 0.3) is 5.69 Å². The van der Waals surface area contributed by atoms with Gasteiger partial charge >= 0.3 is 0 Å². The highest BCUT2D eigenvalue weighted by atomic mass is 35.5. The van der Waals surface area contributed by atoms with Crippen LogP contribution in [0, 0.1) is 5.82 Å². The third kappa shape index (κ3) is 2.34. The van der Waals surface area contributed by atoms with E-state index in [1.165, 1.54) is 12.1 Å². The molecule has 1 aromatic heterocycles. The van der Waals surface area contributed by atoms with Crippen molar-refractivity contribution >= 4 is 12.4 Å². The standard InChI is InChI=1S/C10H10FN3.ClH/c11-8-1-3-9(4-2-8)14-6-5-13-10(14)7-12;/h1-6H,7,12H2;1H. The zero-order valence-corrected chi connectivity index (χ0v) is 8.75. The first-order valence-electron chi connectivity index (χ1n) is 4.29. The van der Waals surface area contributed by atoms with E-state index in [0.717, 1.165) is 11.5 Å². The zero-order chi connectivity index (χ0) is 9.97. The van der Waals surface area contributed by atoms with Crippen LogP contribution in [0.1, 0.15) is 5.82 Å². The fourth-order valence-corrected chi connectivity index (χ4v) is 1.32. The number of benzene rings is 1. The van der Waals surface area contributed by atoms with E-state index >= 15 is 0 Å². The van der Waals surface area contributed by atoms with Crippen LogP contribution in [-0.4, -0.2) is 9.55 Å². The second-order valence-corrected chi connectivity index (χ2v) is 2.89. The van der Waals surface area contributed by atoms with Gasteiger partial charge in [0.15, 0.2) is 0 Å². The van der Waals surface area contributed by atoms with Crippen LogP contribution in [0.4, 0.5) is 4.39 Å². The molecule has 15 heavy (non-hydrogen) atoms. The van der Waals surface area contributed by atoms with E-state index in [9.17, 15) is 4.39 Å². The Bertz CT molecular complexity index is 424. The Kier molecular flexibility index (Phi) is 3.82. The van der Waals surface area contributed by atoms with Crippen molar-refractivity contribution in [3.05, 3.63) is 48.3 Å². The van der Waals surface area contributed by atoms with Gasteiger partial charge in [-0.05, 0) is 24.3 Å². The predicted molar refractivity (Wildman–Crippen MR) is 58.7 cm³/mol. The molecule has 0 saturated heterocycles. The number of nitrogens with zero attached hydrogens (tertiary/aromatic N) is 2. The van der Waals surface area contributed by atoms with Crippen molar-refractivity contribution in [1.29, 1.82) is 0 Å². The Morgan fingerprint density at radius 1 is 1.27 bits per heavy atom. The molecule has 0 aliphatic rings. The quantitative estimate of drug-likeness (QED) is 0.852. The van der Waals surface area contributed by atoms with Crippen LogP contribution >= 0.6 is 12.4 Å². The van der Waals surface area contributed by atoms with Gasteiger partial charge in [0.25, 0.3) is 0 Å². The summed E-state index contributed by atoms with van der Waals surface area (Å²) in [5, 5.41) is 0. The van der Waals surface area contributed by atoms with Gasteiger partial charge in [0, 0.05) is 18.1 Å². The number of aromatic nitrogens is 2. The van der Waals surface area contributed by atoms with Crippen LogP contribution in [0.3, 0.4) is 0 Å². The topological polar surface area (TPSA) is 43.8 Å². The van der Waals surface area contributed by atoms with Crippen LogP contribution in [-0.2, 0) is 6.54 Å². The summed E-state index contributed by atoms with van der Waals surface area (Å²) in [4.78, 5) is 4.08. The molecule has 0 radical (unpaired) electrons. The molecule has 1 aromatic carbocycles. The first-order valence-corrected chi connectivity index (χ1v) is 4.29. The molecule has 5 heteroatoms. The number of hydrogen-bond donors (Lipinski definition) is 1. The van der Waals surface area contributed by atoms with Crippen molar-refractivity contribution in [2.45, 2.75) is 6.54 Å². The van der Waals surface area contributed by atoms with Crippen molar-refractivity contribution in [3.8, 4) is 5.69 Å². The first kappa shape index (κ1) is 11.7. The fourth-order valence-electron chi connectivity index (χ4n) is 1.32. The minimum absolute atomic E-state index is 0. The van der Waals surface area contributed by atoms with Gasteiger partial charge in [0.05, 0.1) is 6.54 Å². The van der Waals surface area contributed by atoms with Crippen molar-refractivity contribution in [3.63, 3.8) is 0 Å². The van der Waals surface area contributed by atoms with Crippen molar-refractivity contribution < 1.29 is 4.39 Å². The van der Waals surface area contributed by atoms with Gasteiger partial charge in [-0.2, -0.15) is 0 Å². The van der Waals surface area contributed by atoms with Gasteiger partial charge in [-0.3, -0.25) is 0 Å². The largest absolute Gasteiger partial charge is 0.324 e. The zero-order valence-electron chi connectivity index (χ0n) is 7.93. The summed E-state index contributed by atoms with van der Waals surface area (Å²) in [7, 11) is 0. The molecule has 0 aliphatic heterocycles. The molecule has 3 nitrogen and oxygen atoms in total. The summed E-state index contributed by atoms with van der Waals surface area (Å²) < 4.78 is 14.5. The summed E-state index contributed by atoms with van der Waals surface area (Å²) in [5.41, 5.74) is 6.37. The Labute approximate surface area is 93.2 Å². The SMILES string of the molecule is Cl.NCc1nccn1-c1ccc(F)cc1. The molecule has 0 bridgehead atoms. The number of nitrogens with two attached hydrogens (primary N) is 1. The van der Waals surface area contributed by atoms with E-state index in [-0.39, 0.29) is 18.2 Å². The lowest BCUT2D eigenvalue weighted by molar-refractivity contribution is 0.627. The van der Waals surface area contributed by atoms with E-state index in [2.05, 4.69) is 4.98 Å². The maximum absolute atomic E-state index is 12.7. The van der Waals surface area contributed by atoms with Gasteiger partial charge in [0.1, 0.15) is 11.6 Å². The lowest BCUT2D eigenvalue weighted by Crippen LogP contribution is -2.06. The highest BCUT2D eigenvalue weighted by Crippen LogP contribution is 2.10. The van der Waals surface area contributed by atoms with Gasteiger partial charge in [0.2, 0.25) is 0 Å². The maximum Gasteiger partial charge on any atom is 0.126 e. The molecule has 0 spiro atoms. The number of hydrogen-bond acceptors (Lipinski definition) is 2. The van der Waals surface area contributed by atoms with Gasteiger partial charge in [-0.15, -0.1) is 12.4 Å². The molecule has 0 fully saturated rings.